The lowest BCUT2D eigenvalue weighted by molar-refractivity contribution is -0.119. The Hall–Kier alpha value is -1.69. The van der Waals surface area contributed by atoms with E-state index in [9.17, 15) is 4.79 Å². The van der Waals surface area contributed by atoms with Crippen molar-refractivity contribution in [2.75, 3.05) is 6.26 Å². The molecule has 94 valence electrons. The summed E-state index contributed by atoms with van der Waals surface area (Å²) in [5.74, 6) is 0.140. The van der Waals surface area contributed by atoms with Crippen molar-refractivity contribution in [3.8, 4) is 0 Å². The van der Waals surface area contributed by atoms with Crippen LogP contribution in [0, 0.1) is 0 Å². The second-order valence-corrected chi connectivity index (χ2v) is 4.62. The van der Waals surface area contributed by atoms with E-state index in [0.29, 0.717) is 11.6 Å². The molecule has 0 atom stereocenters. The van der Waals surface area contributed by atoms with Crippen LogP contribution in [0.15, 0.2) is 35.5 Å². The van der Waals surface area contributed by atoms with Crippen LogP contribution in [-0.2, 0) is 17.8 Å². The molecule has 5 nitrogen and oxygen atoms in total. The Kier molecular flexibility index (Phi) is 4.46. The van der Waals surface area contributed by atoms with E-state index in [1.807, 2.05) is 36.6 Å². The molecule has 1 aromatic carbocycles. The first-order valence-corrected chi connectivity index (χ1v) is 6.88. The second kappa shape index (κ2) is 6.30. The molecule has 0 bridgehead atoms. The van der Waals surface area contributed by atoms with Gasteiger partial charge in [0.15, 0.2) is 5.78 Å². The molecule has 0 aliphatic rings. The number of aryl methyl sites for hydroxylation is 1. The third-order valence-corrected chi connectivity index (χ3v) is 3.20. The highest BCUT2D eigenvalue weighted by Gasteiger charge is 2.09. The Labute approximate surface area is 110 Å². The molecule has 0 unspecified atom stereocenters. The van der Waals surface area contributed by atoms with Gasteiger partial charge in [-0.15, -0.1) is 5.10 Å². The molecule has 1 heterocycles. The minimum atomic E-state index is 0.140. The Balaban J connectivity index is 1.86. The van der Waals surface area contributed by atoms with Crippen LogP contribution in [0.5, 0.6) is 0 Å². The van der Waals surface area contributed by atoms with Gasteiger partial charge in [0.2, 0.25) is 5.16 Å². The molecular formula is C12H14N4OS. The molecule has 0 N–H and O–H groups in total. The number of hydrogen-bond donors (Lipinski definition) is 0. The first-order valence-electron chi connectivity index (χ1n) is 5.65. The van der Waals surface area contributed by atoms with Crippen molar-refractivity contribution >= 4 is 17.5 Å². The normalized spacial score (nSPS) is 10.5. The van der Waals surface area contributed by atoms with Crippen molar-refractivity contribution in [3.63, 3.8) is 0 Å². The summed E-state index contributed by atoms with van der Waals surface area (Å²) >= 11 is 1.43. The number of carbonyl (C=O) groups excluding carboxylic acids is 1. The first-order chi connectivity index (χ1) is 8.79. The summed E-state index contributed by atoms with van der Waals surface area (Å²) in [5, 5.41) is 11.8. The highest BCUT2D eigenvalue weighted by Crippen LogP contribution is 2.09. The van der Waals surface area contributed by atoms with Crippen LogP contribution in [0.4, 0.5) is 0 Å². The zero-order valence-corrected chi connectivity index (χ0v) is 10.9. The minimum Gasteiger partial charge on any atom is -0.298 e. The number of Topliss-reactive ketones (excluding diaryl/α,β-unsaturated/α-hetero) is 1. The highest BCUT2D eigenvalue weighted by atomic mass is 32.2. The second-order valence-electron chi connectivity index (χ2n) is 3.85. The lowest BCUT2D eigenvalue weighted by Gasteiger charge is -2.02. The van der Waals surface area contributed by atoms with Gasteiger partial charge < -0.3 is 0 Å². The molecule has 1 aromatic heterocycles. The monoisotopic (exact) mass is 262 g/mol. The van der Waals surface area contributed by atoms with Crippen LogP contribution in [0.1, 0.15) is 12.0 Å². The van der Waals surface area contributed by atoms with Gasteiger partial charge in [0.1, 0.15) is 6.54 Å². The Morgan fingerprint density at radius 2 is 2.11 bits per heavy atom. The van der Waals surface area contributed by atoms with E-state index in [-0.39, 0.29) is 12.3 Å². The van der Waals surface area contributed by atoms with Gasteiger partial charge in [0.05, 0.1) is 0 Å². The predicted molar refractivity (Wildman–Crippen MR) is 69.4 cm³/mol. The summed E-state index contributed by atoms with van der Waals surface area (Å²) < 4.78 is 1.54. The summed E-state index contributed by atoms with van der Waals surface area (Å²) in [7, 11) is 0. The molecule has 0 fully saturated rings. The zero-order chi connectivity index (χ0) is 12.8. The van der Waals surface area contributed by atoms with Gasteiger partial charge in [-0.25, -0.2) is 4.68 Å². The molecule has 2 aromatic rings. The lowest BCUT2D eigenvalue weighted by atomic mass is 10.1. The van der Waals surface area contributed by atoms with Crippen LogP contribution in [0.25, 0.3) is 0 Å². The largest absolute Gasteiger partial charge is 0.298 e. The number of ketones is 1. The summed E-state index contributed by atoms with van der Waals surface area (Å²) in [6.45, 7) is 0.246. The minimum absolute atomic E-state index is 0.140. The first kappa shape index (κ1) is 12.8. The average Bonchev–Trinajstić information content (AvgIpc) is 2.85. The van der Waals surface area contributed by atoms with Crippen LogP contribution < -0.4 is 0 Å². The molecule has 0 aliphatic heterocycles. The quantitative estimate of drug-likeness (QED) is 0.740. The fraction of sp³-hybridized carbons (Fsp3) is 0.333. The molecule has 0 saturated carbocycles. The molecule has 6 heteroatoms. The number of benzene rings is 1. The SMILES string of the molecule is CSc1nnnn1CC(=O)CCc1ccccc1. The van der Waals surface area contributed by atoms with Gasteiger partial charge in [-0.05, 0) is 28.7 Å². The van der Waals surface area contributed by atoms with Gasteiger partial charge in [-0.2, -0.15) is 0 Å². The Morgan fingerprint density at radius 1 is 1.33 bits per heavy atom. The van der Waals surface area contributed by atoms with Gasteiger partial charge in [0, 0.05) is 6.42 Å². The number of carbonyl (C=O) groups is 1. The number of tetrazole rings is 1. The number of thioether (sulfide) groups is 1. The summed E-state index contributed by atoms with van der Waals surface area (Å²) in [6, 6.07) is 9.98. The Bertz CT molecular complexity index is 512. The van der Waals surface area contributed by atoms with Crippen LogP contribution in [-0.4, -0.2) is 32.2 Å². The van der Waals surface area contributed by atoms with Crippen molar-refractivity contribution < 1.29 is 4.79 Å². The van der Waals surface area contributed by atoms with E-state index < -0.39 is 0 Å². The van der Waals surface area contributed by atoms with E-state index in [1.54, 1.807) is 0 Å². The summed E-state index contributed by atoms with van der Waals surface area (Å²) in [4.78, 5) is 11.8. The number of nitrogens with zero attached hydrogens (tertiary/aromatic N) is 4. The van der Waals surface area contributed by atoms with Gasteiger partial charge in [-0.1, -0.05) is 42.1 Å². The molecule has 0 spiro atoms. The zero-order valence-electron chi connectivity index (χ0n) is 10.1. The van der Waals surface area contributed by atoms with Crippen molar-refractivity contribution in [2.24, 2.45) is 0 Å². The smallest absolute Gasteiger partial charge is 0.209 e. The van der Waals surface area contributed by atoms with Crippen molar-refractivity contribution in [3.05, 3.63) is 35.9 Å². The number of hydrogen-bond acceptors (Lipinski definition) is 5. The molecule has 0 saturated heterocycles. The standard InChI is InChI=1S/C12H14N4OS/c1-18-12-13-14-15-16(12)9-11(17)8-7-10-5-3-2-4-6-10/h2-6H,7-9H2,1H3. The van der Waals surface area contributed by atoms with Gasteiger partial charge in [-0.3, -0.25) is 4.79 Å². The fourth-order valence-electron chi connectivity index (χ4n) is 1.62. The molecule has 0 radical (unpaired) electrons. The van der Waals surface area contributed by atoms with Crippen molar-refractivity contribution in [2.45, 2.75) is 24.5 Å². The highest BCUT2D eigenvalue weighted by molar-refractivity contribution is 7.98. The third-order valence-electron chi connectivity index (χ3n) is 2.54. The van der Waals surface area contributed by atoms with E-state index in [2.05, 4.69) is 15.5 Å². The van der Waals surface area contributed by atoms with Crippen LogP contribution >= 0.6 is 11.8 Å². The molecule has 2 rings (SSSR count). The number of rotatable bonds is 6. The lowest BCUT2D eigenvalue weighted by Crippen LogP contribution is -2.13. The van der Waals surface area contributed by atoms with Crippen LogP contribution in [0.2, 0.25) is 0 Å². The Morgan fingerprint density at radius 3 is 2.83 bits per heavy atom. The third kappa shape index (κ3) is 3.40. The van der Waals surface area contributed by atoms with E-state index in [0.717, 1.165) is 6.42 Å². The van der Waals surface area contributed by atoms with Crippen LogP contribution in [0.3, 0.4) is 0 Å². The van der Waals surface area contributed by atoms with Gasteiger partial charge >= 0.3 is 0 Å². The molecule has 18 heavy (non-hydrogen) atoms. The average molecular weight is 262 g/mol. The van der Waals surface area contributed by atoms with Gasteiger partial charge in [0.25, 0.3) is 0 Å². The molecule has 0 amide bonds. The predicted octanol–water partition coefficient (Wildman–Crippen LogP) is 1.60. The van der Waals surface area contributed by atoms with Crippen molar-refractivity contribution in [1.82, 2.24) is 20.2 Å². The summed E-state index contributed by atoms with van der Waals surface area (Å²) in [5.41, 5.74) is 1.17. The number of aromatic nitrogens is 4. The van der Waals surface area contributed by atoms with E-state index in [4.69, 9.17) is 0 Å². The summed E-state index contributed by atoms with van der Waals surface area (Å²) in [6.07, 6.45) is 3.16. The van der Waals surface area contributed by atoms with E-state index in [1.165, 1.54) is 22.0 Å². The van der Waals surface area contributed by atoms with Crippen molar-refractivity contribution in [1.29, 1.82) is 0 Å². The maximum absolute atomic E-state index is 11.8. The topological polar surface area (TPSA) is 60.7 Å². The molecular weight excluding hydrogens is 248 g/mol. The maximum atomic E-state index is 11.8. The fourth-order valence-corrected chi connectivity index (χ4v) is 2.05. The van der Waals surface area contributed by atoms with E-state index >= 15 is 0 Å². The maximum Gasteiger partial charge on any atom is 0.209 e. The molecule has 0 aliphatic carbocycles.